The van der Waals surface area contributed by atoms with Crippen LogP contribution in [-0.2, 0) is 11.3 Å². The van der Waals surface area contributed by atoms with Crippen molar-refractivity contribution < 1.29 is 9.32 Å². The third kappa shape index (κ3) is 3.44. The average Bonchev–Trinajstić information content (AvgIpc) is 3.23. The second-order valence-electron chi connectivity index (χ2n) is 7.47. The van der Waals surface area contributed by atoms with Crippen molar-refractivity contribution in [1.82, 2.24) is 25.3 Å². The lowest BCUT2D eigenvalue weighted by molar-refractivity contribution is -0.125. The number of hydrogen-bond acceptors (Lipinski definition) is 7. The van der Waals surface area contributed by atoms with Crippen molar-refractivity contribution in [1.29, 1.82) is 0 Å². The van der Waals surface area contributed by atoms with Gasteiger partial charge in [0, 0.05) is 32.7 Å². The van der Waals surface area contributed by atoms with Gasteiger partial charge in [0.1, 0.15) is 5.54 Å². The summed E-state index contributed by atoms with van der Waals surface area (Å²) >= 11 is 0. The van der Waals surface area contributed by atoms with Crippen LogP contribution in [0.25, 0.3) is 11.5 Å². The molecule has 0 saturated carbocycles. The molecule has 142 valence electrons. The van der Waals surface area contributed by atoms with Crippen LogP contribution in [0.1, 0.15) is 24.2 Å². The van der Waals surface area contributed by atoms with Crippen molar-refractivity contribution in [2.75, 3.05) is 27.2 Å². The first kappa shape index (κ1) is 17.7. The molecule has 27 heavy (non-hydrogen) atoms. The molecule has 2 aliphatic heterocycles. The molecule has 1 aromatic heterocycles. The Morgan fingerprint density at radius 2 is 1.93 bits per heavy atom. The minimum atomic E-state index is -0.625. The van der Waals surface area contributed by atoms with E-state index in [4.69, 9.17) is 4.52 Å². The van der Waals surface area contributed by atoms with Gasteiger partial charge in [-0.05, 0) is 31.9 Å². The van der Waals surface area contributed by atoms with Crippen molar-refractivity contribution in [2.24, 2.45) is 4.99 Å². The second kappa shape index (κ2) is 6.77. The third-order valence-corrected chi connectivity index (χ3v) is 5.21. The van der Waals surface area contributed by atoms with Gasteiger partial charge in [0.05, 0.1) is 6.54 Å². The zero-order chi connectivity index (χ0) is 19.0. The van der Waals surface area contributed by atoms with E-state index >= 15 is 0 Å². The molecule has 0 radical (unpaired) electrons. The first-order valence-corrected chi connectivity index (χ1v) is 9.16. The molecular weight excluding hydrogens is 344 g/mol. The van der Waals surface area contributed by atoms with Crippen molar-refractivity contribution in [3.8, 4) is 11.5 Å². The van der Waals surface area contributed by atoms with Crippen LogP contribution in [0.2, 0.25) is 0 Å². The molecule has 2 aromatic rings. The van der Waals surface area contributed by atoms with E-state index in [1.165, 1.54) is 5.56 Å². The highest BCUT2D eigenvalue weighted by molar-refractivity contribution is 6.07. The highest BCUT2D eigenvalue weighted by Gasteiger charge is 2.46. The molecule has 1 amide bonds. The van der Waals surface area contributed by atoms with Gasteiger partial charge in [-0.2, -0.15) is 4.98 Å². The zero-order valence-corrected chi connectivity index (χ0v) is 15.9. The van der Waals surface area contributed by atoms with Crippen LogP contribution < -0.4 is 5.32 Å². The molecule has 1 N–H and O–H groups in total. The van der Waals surface area contributed by atoms with Gasteiger partial charge in [0.15, 0.2) is 5.82 Å². The monoisotopic (exact) mass is 368 g/mol. The van der Waals surface area contributed by atoms with E-state index in [0.29, 0.717) is 37.1 Å². The zero-order valence-electron chi connectivity index (χ0n) is 15.9. The summed E-state index contributed by atoms with van der Waals surface area (Å²) in [4.78, 5) is 25.7. The molecular formula is C19H24N6O2. The number of guanidine groups is 1. The summed E-state index contributed by atoms with van der Waals surface area (Å²) in [5, 5.41) is 6.99. The summed E-state index contributed by atoms with van der Waals surface area (Å²) in [5.74, 6) is 1.85. The Kier molecular flexibility index (Phi) is 4.43. The van der Waals surface area contributed by atoms with Crippen molar-refractivity contribution in [3.63, 3.8) is 0 Å². The molecule has 1 aromatic carbocycles. The predicted molar refractivity (Wildman–Crippen MR) is 101 cm³/mol. The Morgan fingerprint density at radius 3 is 2.56 bits per heavy atom. The molecule has 0 atom stereocenters. The summed E-state index contributed by atoms with van der Waals surface area (Å²) in [6, 6.07) is 8.02. The van der Waals surface area contributed by atoms with E-state index in [9.17, 15) is 4.79 Å². The summed E-state index contributed by atoms with van der Waals surface area (Å²) < 4.78 is 5.40. The first-order chi connectivity index (χ1) is 12.9. The number of rotatable bonds is 3. The quantitative estimate of drug-likeness (QED) is 0.882. The lowest BCUT2D eigenvalue weighted by Crippen LogP contribution is -2.49. The molecule has 3 heterocycles. The van der Waals surface area contributed by atoms with Gasteiger partial charge in [0.2, 0.25) is 5.96 Å². The summed E-state index contributed by atoms with van der Waals surface area (Å²) in [6.07, 6.45) is 1.39. The van der Waals surface area contributed by atoms with E-state index < -0.39 is 5.54 Å². The molecule has 0 bridgehead atoms. The number of aliphatic imine (C=N–C) groups is 1. The van der Waals surface area contributed by atoms with Crippen molar-refractivity contribution >= 4 is 11.9 Å². The van der Waals surface area contributed by atoms with Crippen LogP contribution in [-0.4, -0.2) is 64.5 Å². The van der Waals surface area contributed by atoms with E-state index in [0.717, 1.165) is 18.7 Å². The number of carbonyl (C=O) groups excluding carboxylic acids is 1. The van der Waals surface area contributed by atoms with Crippen LogP contribution in [0.5, 0.6) is 0 Å². The van der Waals surface area contributed by atoms with Gasteiger partial charge >= 0.3 is 0 Å². The SMILES string of the molecule is Cc1ccc(-c2nc(CN3CCC4(CC3)N=C(N(C)C)NC4=O)no2)cc1. The van der Waals surface area contributed by atoms with Crippen LogP contribution in [0, 0.1) is 6.92 Å². The molecule has 2 aliphatic rings. The molecule has 1 fully saturated rings. The Bertz CT molecular complexity index is 863. The standard InChI is InChI=1S/C19H24N6O2/c1-13-4-6-14(7-5-13)16-20-15(23-27-16)12-25-10-8-19(9-11-25)17(26)21-18(22-19)24(2)3/h4-7H,8-12H2,1-3H3,(H,21,22,26). The number of benzene rings is 1. The molecule has 8 heteroatoms. The fourth-order valence-corrected chi connectivity index (χ4v) is 3.46. The average molecular weight is 368 g/mol. The number of amides is 1. The second-order valence-corrected chi connectivity index (χ2v) is 7.47. The van der Waals surface area contributed by atoms with E-state index in [2.05, 4.69) is 25.3 Å². The molecule has 0 aliphatic carbocycles. The fraction of sp³-hybridized carbons (Fsp3) is 0.474. The maximum atomic E-state index is 12.4. The number of likely N-dealkylation sites (tertiary alicyclic amines) is 1. The lowest BCUT2D eigenvalue weighted by Gasteiger charge is -2.34. The summed E-state index contributed by atoms with van der Waals surface area (Å²) in [7, 11) is 3.77. The van der Waals surface area contributed by atoms with Crippen LogP contribution in [0.4, 0.5) is 0 Å². The van der Waals surface area contributed by atoms with E-state index in [-0.39, 0.29) is 5.91 Å². The van der Waals surface area contributed by atoms with Gasteiger partial charge in [-0.3, -0.25) is 15.0 Å². The summed E-state index contributed by atoms with van der Waals surface area (Å²) in [5.41, 5.74) is 1.49. The molecule has 4 rings (SSSR count). The van der Waals surface area contributed by atoms with E-state index in [1.807, 2.05) is 50.2 Å². The lowest BCUT2D eigenvalue weighted by atomic mass is 9.88. The number of aryl methyl sites for hydroxylation is 1. The number of aromatic nitrogens is 2. The fourth-order valence-electron chi connectivity index (χ4n) is 3.46. The Morgan fingerprint density at radius 1 is 1.22 bits per heavy atom. The topological polar surface area (TPSA) is 86.9 Å². The number of nitrogens with one attached hydrogen (secondary N) is 1. The molecule has 8 nitrogen and oxygen atoms in total. The minimum Gasteiger partial charge on any atom is -0.349 e. The van der Waals surface area contributed by atoms with Crippen LogP contribution >= 0.6 is 0 Å². The highest BCUT2D eigenvalue weighted by atomic mass is 16.5. The first-order valence-electron chi connectivity index (χ1n) is 9.16. The Hall–Kier alpha value is -2.74. The Balaban J connectivity index is 1.39. The maximum Gasteiger partial charge on any atom is 0.257 e. The minimum absolute atomic E-state index is 0.00654. The van der Waals surface area contributed by atoms with E-state index in [1.54, 1.807) is 0 Å². The number of hydrogen-bond donors (Lipinski definition) is 1. The maximum absolute atomic E-state index is 12.4. The number of carbonyl (C=O) groups is 1. The van der Waals surface area contributed by atoms with Crippen LogP contribution in [0.3, 0.4) is 0 Å². The number of nitrogens with zero attached hydrogens (tertiary/aromatic N) is 5. The van der Waals surface area contributed by atoms with Crippen molar-refractivity contribution in [2.45, 2.75) is 31.8 Å². The Labute approximate surface area is 158 Å². The van der Waals surface area contributed by atoms with Gasteiger partial charge in [-0.1, -0.05) is 22.9 Å². The predicted octanol–water partition coefficient (Wildman–Crippen LogP) is 1.43. The molecule has 1 saturated heterocycles. The molecule has 1 spiro atoms. The third-order valence-electron chi connectivity index (χ3n) is 5.21. The smallest absolute Gasteiger partial charge is 0.257 e. The van der Waals surface area contributed by atoms with Crippen molar-refractivity contribution in [3.05, 3.63) is 35.7 Å². The summed E-state index contributed by atoms with van der Waals surface area (Å²) in [6.45, 7) is 4.19. The largest absolute Gasteiger partial charge is 0.349 e. The van der Waals surface area contributed by atoms with Crippen LogP contribution in [0.15, 0.2) is 33.8 Å². The van der Waals surface area contributed by atoms with Gasteiger partial charge in [-0.15, -0.1) is 0 Å². The molecule has 0 unspecified atom stereocenters. The number of piperidine rings is 1. The van der Waals surface area contributed by atoms with Gasteiger partial charge in [0.25, 0.3) is 11.8 Å². The normalized spacial score (nSPS) is 19.2. The highest BCUT2D eigenvalue weighted by Crippen LogP contribution is 2.30. The van der Waals surface area contributed by atoms with Gasteiger partial charge < -0.3 is 9.42 Å². The van der Waals surface area contributed by atoms with Gasteiger partial charge in [-0.25, -0.2) is 4.99 Å².